The van der Waals surface area contributed by atoms with Crippen LogP contribution in [0.2, 0.25) is 0 Å². The summed E-state index contributed by atoms with van der Waals surface area (Å²) < 4.78 is 14.2. The van der Waals surface area contributed by atoms with E-state index < -0.39 is 7.92 Å². The number of rotatable bonds is 7. The molecular weight excluding hydrogens is 1850 g/mol. The van der Waals surface area contributed by atoms with Gasteiger partial charge in [0.25, 0.3) is 11.4 Å². The highest BCUT2D eigenvalue weighted by atomic mass is 79.9. The molecule has 0 spiro atoms. The van der Waals surface area contributed by atoms with E-state index in [1.54, 1.807) is 6.07 Å². The predicted octanol–water partition coefficient (Wildman–Crippen LogP) is 32.9. The van der Waals surface area contributed by atoms with Crippen LogP contribution < -0.4 is 21.4 Å². The fourth-order valence-corrected chi connectivity index (χ4v) is 26.0. The summed E-state index contributed by atoms with van der Waals surface area (Å²) in [5.41, 5.74) is 30.2. The molecule has 5 aliphatic carbocycles. The van der Waals surface area contributed by atoms with Crippen LogP contribution >= 0.6 is 39.8 Å². The van der Waals surface area contributed by atoms with Gasteiger partial charge in [-0.25, -0.2) is 0 Å². The number of hydrogen-bond acceptors (Lipinski definition) is 6. The molecule has 0 saturated carbocycles. The summed E-state index contributed by atoms with van der Waals surface area (Å²) in [4.78, 5) is 23.1. The maximum atomic E-state index is 12.4. The van der Waals surface area contributed by atoms with Crippen molar-refractivity contribution in [3.05, 3.63) is 485 Å². The average Bonchev–Trinajstić information content (AvgIpc) is 1.56. The van der Waals surface area contributed by atoms with Gasteiger partial charge in [0.2, 0.25) is 0 Å². The molecule has 680 valence electrons. The molecule has 0 amide bonds. The van der Waals surface area contributed by atoms with E-state index in [1.165, 1.54) is 143 Å². The lowest BCUT2D eigenvalue weighted by Gasteiger charge is -2.32. The van der Waals surface area contributed by atoms with Gasteiger partial charge in [-0.2, -0.15) is 0 Å². The molecule has 0 N–H and O–H groups in total. The van der Waals surface area contributed by atoms with Crippen LogP contribution in [0.3, 0.4) is 0 Å². The molecule has 8 nitrogen and oxygen atoms in total. The Morgan fingerprint density at radius 1 is 0.266 bits per heavy atom. The lowest BCUT2D eigenvalue weighted by molar-refractivity contribution is -0.383. The van der Waals surface area contributed by atoms with E-state index in [4.69, 9.17) is 9.31 Å². The molecule has 0 radical (unpaired) electrons. The van der Waals surface area contributed by atoms with Crippen molar-refractivity contribution in [3.63, 3.8) is 0 Å². The molecule has 6 aliphatic rings. The second-order valence-electron chi connectivity index (χ2n) is 40.1. The normalized spacial score (nSPS) is 15.0. The van der Waals surface area contributed by atoms with Crippen LogP contribution in [0.5, 0.6) is 0 Å². The first kappa shape index (κ1) is 91.5. The Hall–Kier alpha value is -13.9. The molecule has 139 heavy (non-hydrogen) atoms. The monoisotopic (exact) mass is 1950 g/mol. The molecule has 1 heterocycles. The maximum Gasteiger partial charge on any atom is 0.494 e. The van der Waals surface area contributed by atoms with Gasteiger partial charge in [0.05, 0.1) is 37.4 Å². The molecule has 1 fully saturated rings. The summed E-state index contributed by atoms with van der Waals surface area (Å²) in [6.07, 6.45) is 1.02. The molecule has 0 bridgehead atoms. The van der Waals surface area contributed by atoms with Crippen LogP contribution in [-0.2, 0) is 37.4 Å². The summed E-state index contributed by atoms with van der Waals surface area (Å²) in [5.74, 6) is 0. The Morgan fingerprint density at radius 3 is 1.04 bits per heavy atom. The van der Waals surface area contributed by atoms with Crippen molar-refractivity contribution in [1.29, 1.82) is 0 Å². The van der Waals surface area contributed by atoms with E-state index >= 15 is 0 Å². The SMILES string of the molecule is CC1(C)c2ccccc2-c2c1ccc1c2Cc2c-1c1ccccc1c1ccccc21.CC1(C)c2ccccc2-c2cc(-c3c([N+](=O)[O-])c4ccccc4c4ccccc34)ccc21.CC1(C)c2ccccc2-c2cc(B3OC(C)(C)C(C)(C)O3)ccc21.CC1(C)c2ccccc2-c2cc(Br)ccc21.O=[N+]([O-])c1c(Br)c2ccccc2c2ccccc12.c1ccc(P(c2ccccc2)c2ccccc2)cc1. The Kier molecular flexibility index (Phi) is 23.6. The largest absolute Gasteiger partial charge is 0.494 e. The highest BCUT2D eigenvalue weighted by molar-refractivity contribution is 9.11. The van der Waals surface area contributed by atoms with Crippen LogP contribution in [-0.4, -0.2) is 28.2 Å². The van der Waals surface area contributed by atoms with E-state index in [2.05, 4.69) is 424 Å². The number of nitrogens with zero attached hydrogens (tertiary/aromatic N) is 2. The number of nitro groups is 2. The molecule has 1 aliphatic heterocycles. The average molecular weight is 1960 g/mol. The maximum absolute atomic E-state index is 12.4. The van der Waals surface area contributed by atoms with Gasteiger partial charge in [0, 0.05) is 31.5 Å². The van der Waals surface area contributed by atoms with Gasteiger partial charge in [0.1, 0.15) is 4.47 Å². The number of benzene rings is 20. The zero-order chi connectivity index (χ0) is 96.3. The van der Waals surface area contributed by atoms with E-state index in [9.17, 15) is 20.2 Å². The summed E-state index contributed by atoms with van der Waals surface area (Å²) in [6, 6.07) is 140. The van der Waals surface area contributed by atoms with Gasteiger partial charge in [-0.3, -0.25) is 20.2 Å². The predicted molar refractivity (Wildman–Crippen MR) is 591 cm³/mol. The molecule has 0 atom stereocenters. The fraction of sp³-hybridized carbons (Fsp3) is 0.150. The van der Waals surface area contributed by atoms with Crippen LogP contribution in [0.15, 0.2) is 409 Å². The van der Waals surface area contributed by atoms with Crippen molar-refractivity contribution in [2.45, 2.75) is 122 Å². The first-order chi connectivity index (χ1) is 67.0. The van der Waals surface area contributed by atoms with Crippen LogP contribution in [0.4, 0.5) is 11.4 Å². The van der Waals surface area contributed by atoms with Crippen LogP contribution in [0.25, 0.3) is 131 Å². The Labute approximate surface area is 831 Å². The van der Waals surface area contributed by atoms with E-state index in [0.29, 0.717) is 20.8 Å². The summed E-state index contributed by atoms with van der Waals surface area (Å²) in [5, 5.41) is 40.3. The van der Waals surface area contributed by atoms with Crippen molar-refractivity contribution in [1.82, 2.24) is 0 Å². The molecule has 20 aromatic rings. The second kappa shape index (κ2) is 35.8. The third kappa shape index (κ3) is 15.7. The fourth-order valence-electron chi connectivity index (χ4n) is 22.6. The molecular formula is C127H104BBr2N2O6P. The van der Waals surface area contributed by atoms with Gasteiger partial charge in [-0.1, -0.05) is 441 Å². The van der Waals surface area contributed by atoms with Gasteiger partial charge < -0.3 is 9.31 Å². The number of fused-ring (bicyclic) bond motifs is 27. The standard InChI is InChI=1S/C30H22.C29H21NO2.C21H25BO2.C18H15P.C15H13Br.C14H8BrNO2/c1-30(2)26-14-8-7-13-23(26)29-25-17-24-20-11-4-3-9-18(20)19-10-5-6-12-21(19)28(24)22(25)15-16-27(29)30;1-29(2)25-14-8-7-11-21(25)24-17-18(15-16-26(24)29)27-22-12-5-3-9-19(22)20-10-4-6-13-23(20)28(27)30(31)32;1-19(2)17-10-8-7-9-15(17)16-13-14(11-12-18(16)19)22-23-20(3,4)21(5,6)24-22;1-4-10-16(11-5-1)19(17-12-6-2-7-13-17)18-14-8-3-9-15-18;1-15(2)13-6-4-3-5-11(13)12-9-10(16)7-8-14(12)15;15-13-11-7-3-1-5-9(11)10-6-2-4-8-12(10)14(13)16(17)18/h3-16H,17H2,1-2H3;3-17H,1-2H3;7-13H,1-6H3;1-15H;3-9H,1-2H3;1-8H. The smallest absolute Gasteiger partial charge is 0.399 e. The number of hydrogen-bond donors (Lipinski definition) is 0. The Bertz CT molecular complexity index is 8250. The summed E-state index contributed by atoms with van der Waals surface area (Å²) in [6.45, 7) is 26.8. The lowest BCUT2D eigenvalue weighted by Crippen LogP contribution is -2.41. The first-order valence-corrected chi connectivity index (χ1v) is 50.7. The van der Waals surface area contributed by atoms with Crippen LogP contribution in [0, 0.1) is 20.2 Å². The minimum absolute atomic E-state index is 0.0421. The molecule has 1 saturated heterocycles. The molecule has 12 heteroatoms. The van der Waals surface area contributed by atoms with E-state index in [0.717, 1.165) is 59.8 Å². The minimum atomic E-state index is -0.446. The van der Waals surface area contributed by atoms with Crippen molar-refractivity contribution in [3.8, 4) is 66.8 Å². The van der Waals surface area contributed by atoms with Crippen LogP contribution in [0.1, 0.15) is 139 Å². The second-order valence-corrected chi connectivity index (χ2v) is 44.0. The Balaban J connectivity index is 0.000000101. The van der Waals surface area contributed by atoms with Gasteiger partial charge in [-0.05, 0) is 275 Å². The molecule has 26 rings (SSSR count). The number of halogens is 2. The third-order valence-electron chi connectivity index (χ3n) is 30.2. The first-order valence-electron chi connectivity index (χ1n) is 47.7. The van der Waals surface area contributed by atoms with Gasteiger partial charge in [0.15, 0.2) is 0 Å². The molecule has 0 unspecified atom stereocenters. The summed E-state index contributed by atoms with van der Waals surface area (Å²) in [7, 11) is -0.755. The lowest BCUT2D eigenvalue weighted by atomic mass is 9.76. The van der Waals surface area contributed by atoms with Crippen molar-refractivity contribution < 1.29 is 19.2 Å². The van der Waals surface area contributed by atoms with Gasteiger partial charge in [-0.15, -0.1) is 0 Å². The zero-order valence-corrected chi connectivity index (χ0v) is 84.0. The summed E-state index contributed by atoms with van der Waals surface area (Å²) >= 11 is 6.92. The highest BCUT2D eigenvalue weighted by Crippen LogP contribution is 2.59. The van der Waals surface area contributed by atoms with Crippen molar-refractivity contribution in [2.75, 3.05) is 0 Å². The van der Waals surface area contributed by atoms with E-state index in [-0.39, 0.29) is 61.2 Å². The highest BCUT2D eigenvalue weighted by Gasteiger charge is 2.52. The zero-order valence-electron chi connectivity index (χ0n) is 79.9. The topological polar surface area (TPSA) is 105 Å². The third-order valence-corrected chi connectivity index (χ3v) is 34.0. The molecule has 0 aromatic heterocycles. The van der Waals surface area contributed by atoms with Crippen molar-refractivity contribution >= 4 is 144 Å². The Morgan fingerprint density at radius 2 is 0.583 bits per heavy atom. The minimum Gasteiger partial charge on any atom is -0.399 e. The molecule has 20 aromatic carbocycles. The van der Waals surface area contributed by atoms with Gasteiger partial charge >= 0.3 is 7.12 Å². The quantitative estimate of drug-likeness (QED) is 0.0518. The van der Waals surface area contributed by atoms with E-state index in [1.807, 2.05) is 84.9 Å². The number of nitro benzene ring substituents is 2. The van der Waals surface area contributed by atoms with Crippen molar-refractivity contribution in [2.24, 2.45) is 0 Å².